The van der Waals surface area contributed by atoms with Crippen molar-refractivity contribution in [3.63, 3.8) is 0 Å². The predicted octanol–water partition coefficient (Wildman–Crippen LogP) is 0.771. The number of carbonyl (C=O) groups is 4. The molecular weight excluding hydrogens is 300 g/mol. The molecule has 0 spiro atoms. The van der Waals surface area contributed by atoms with Gasteiger partial charge in [-0.05, 0) is 18.2 Å². The van der Waals surface area contributed by atoms with Crippen LogP contribution in [-0.2, 0) is 9.59 Å². The second-order valence-electron chi connectivity index (χ2n) is 4.17. The molecule has 8 nitrogen and oxygen atoms in total. The van der Waals surface area contributed by atoms with E-state index in [4.69, 9.17) is 5.11 Å². The Bertz CT molecular complexity index is 645. The van der Waals surface area contributed by atoms with Gasteiger partial charge in [0.2, 0.25) is 11.8 Å². The average Bonchev–Trinajstić information content (AvgIpc) is 2.69. The van der Waals surface area contributed by atoms with Gasteiger partial charge in [-0.2, -0.15) is 0 Å². The first kappa shape index (κ1) is 14.9. The lowest BCUT2D eigenvalue weighted by Gasteiger charge is -2.10. The molecule has 1 atom stereocenters. The third-order valence-corrected chi connectivity index (χ3v) is 3.63. The fraction of sp³-hybridized carbons (Fsp3) is 0.167. The molecule has 0 saturated carbocycles. The zero-order valence-corrected chi connectivity index (χ0v) is 11.3. The minimum Gasteiger partial charge on any atom is -0.508 e. The maximum atomic E-state index is 11.8. The van der Waals surface area contributed by atoms with E-state index < -0.39 is 28.3 Å². The van der Waals surface area contributed by atoms with Gasteiger partial charge in [0, 0.05) is 6.42 Å². The second-order valence-corrected chi connectivity index (χ2v) is 5.35. The number of hydrogen-bond donors (Lipinski definition) is 4. The third kappa shape index (κ3) is 3.51. The van der Waals surface area contributed by atoms with Gasteiger partial charge in [-0.3, -0.25) is 19.7 Å². The van der Waals surface area contributed by atoms with Gasteiger partial charge in [0.1, 0.15) is 11.0 Å². The summed E-state index contributed by atoms with van der Waals surface area (Å²) < 4.78 is 0. The van der Waals surface area contributed by atoms with Crippen molar-refractivity contribution >= 4 is 40.5 Å². The number of phenols is 1. The number of hydrogen-bond acceptors (Lipinski definition) is 6. The smallest absolute Gasteiger partial charge is 0.337 e. The van der Waals surface area contributed by atoms with Crippen LogP contribution in [0.5, 0.6) is 5.75 Å². The van der Waals surface area contributed by atoms with Gasteiger partial charge in [0.05, 0.1) is 11.3 Å². The number of carboxylic acids is 1. The number of benzene rings is 1. The summed E-state index contributed by atoms with van der Waals surface area (Å²) in [5.74, 6) is -2.72. The molecule has 0 aromatic heterocycles. The van der Waals surface area contributed by atoms with Crippen molar-refractivity contribution in [3.05, 3.63) is 23.8 Å². The molecule has 1 saturated heterocycles. The van der Waals surface area contributed by atoms with Crippen LogP contribution < -0.4 is 10.6 Å². The molecule has 4 N–H and O–H groups in total. The Morgan fingerprint density at radius 1 is 1.33 bits per heavy atom. The van der Waals surface area contributed by atoms with Gasteiger partial charge in [-0.25, -0.2) is 4.79 Å². The summed E-state index contributed by atoms with van der Waals surface area (Å²) in [5.41, 5.74) is -0.275. The number of carboxylic acid groups (broad SMARTS) is 1. The van der Waals surface area contributed by atoms with Crippen molar-refractivity contribution in [3.8, 4) is 5.75 Å². The molecular formula is C12H10N2O6S. The number of amides is 3. The van der Waals surface area contributed by atoms with E-state index in [1.165, 1.54) is 12.1 Å². The van der Waals surface area contributed by atoms with Gasteiger partial charge in [0.25, 0.3) is 5.24 Å². The molecule has 1 aliphatic heterocycles. The normalized spacial score (nSPS) is 17.4. The predicted molar refractivity (Wildman–Crippen MR) is 73.2 cm³/mol. The van der Waals surface area contributed by atoms with Crippen LogP contribution >= 0.6 is 11.8 Å². The zero-order valence-electron chi connectivity index (χ0n) is 10.5. The van der Waals surface area contributed by atoms with E-state index in [9.17, 15) is 24.3 Å². The summed E-state index contributed by atoms with van der Waals surface area (Å²) in [6, 6.07) is 3.46. The number of carbonyl (C=O) groups excluding carboxylic acids is 3. The van der Waals surface area contributed by atoms with Gasteiger partial charge >= 0.3 is 5.97 Å². The highest BCUT2D eigenvalue weighted by molar-refractivity contribution is 8.15. The largest absolute Gasteiger partial charge is 0.508 e. The molecule has 1 aromatic rings. The molecule has 0 unspecified atom stereocenters. The van der Waals surface area contributed by atoms with E-state index >= 15 is 0 Å². The summed E-state index contributed by atoms with van der Waals surface area (Å²) in [6.07, 6.45) is -0.262. The minimum atomic E-state index is -1.32. The monoisotopic (exact) mass is 310 g/mol. The number of phenolic OH excluding ortho intramolecular Hbond substituents is 1. The maximum absolute atomic E-state index is 11.8. The topological polar surface area (TPSA) is 133 Å². The van der Waals surface area contributed by atoms with Crippen LogP contribution in [0.1, 0.15) is 16.8 Å². The van der Waals surface area contributed by atoms with Crippen molar-refractivity contribution in [2.75, 3.05) is 5.32 Å². The first-order valence-electron chi connectivity index (χ1n) is 5.74. The van der Waals surface area contributed by atoms with Crippen LogP contribution in [0.25, 0.3) is 0 Å². The van der Waals surface area contributed by atoms with Crippen molar-refractivity contribution < 1.29 is 29.4 Å². The summed E-state index contributed by atoms with van der Waals surface area (Å²) in [4.78, 5) is 45.1. The lowest BCUT2D eigenvalue weighted by atomic mass is 10.1. The summed E-state index contributed by atoms with van der Waals surface area (Å²) in [6.45, 7) is 0. The van der Waals surface area contributed by atoms with Crippen LogP contribution in [0.3, 0.4) is 0 Å². The quantitative estimate of drug-likeness (QED) is 0.604. The molecule has 1 fully saturated rings. The number of aromatic carboxylic acids is 1. The Kier molecular flexibility index (Phi) is 4.13. The summed E-state index contributed by atoms with van der Waals surface area (Å²) >= 11 is 0.709. The first-order chi connectivity index (χ1) is 9.86. The van der Waals surface area contributed by atoms with Crippen LogP contribution in [0.4, 0.5) is 10.5 Å². The SMILES string of the molecule is O=C(C[C@@H]1SC(=O)NC1=O)Nc1ccc(O)cc1C(=O)O. The molecule has 0 bridgehead atoms. The molecule has 2 rings (SSSR count). The number of rotatable bonds is 4. The highest BCUT2D eigenvalue weighted by Crippen LogP contribution is 2.24. The first-order valence-corrected chi connectivity index (χ1v) is 6.62. The van der Waals surface area contributed by atoms with E-state index in [1.54, 1.807) is 0 Å². The van der Waals surface area contributed by atoms with Crippen LogP contribution in [0.15, 0.2) is 18.2 Å². The highest BCUT2D eigenvalue weighted by Gasteiger charge is 2.33. The molecule has 3 amide bonds. The molecule has 21 heavy (non-hydrogen) atoms. The number of imide groups is 1. The van der Waals surface area contributed by atoms with Gasteiger partial charge in [-0.1, -0.05) is 11.8 Å². The highest BCUT2D eigenvalue weighted by atomic mass is 32.2. The number of nitrogens with one attached hydrogen (secondary N) is 2. The van der Waals surface area contributed by atoms with Crippen molar-refractivity contribution in [2.24, 2.45) is 0 Å². The Hall–Kier alpha value is -2.55. The Morgan fingerprint density at radius 2 is 2.05 bits per heavy atom. The Labute approximate surface area is 122 Å². The van der Waals surface area contributed by atoms with Gasteiger partial charge in [0.15, 0.2) is 0 Å². The molecule has 1 aromatic carbocycles. The Morgan fingerprint density at radius 3 is 2.62 bits per heavy atom. The third-order valence-electron chi connectivity index (χ3n) is 2.65. The fourth-order valence-electron chi connectivity index (χ4n) is 1.72. The fourth-order valence-corrected chi connectivity index (χ4v) is 2.53. The zero-order chi connectivity index (χ0) is 15.6. The van der Waals surface area contributed by atoms with E-state index in [0.29, 0.717) is 11.8 Å². The van der Waals surface area contributed by atoms with Crippen LogP contribution in [-0.4, -0.2) is 38.5 Å². The van der Waals surface area contributed by atoms with E-state index in [1.807, 2.05) is 0 Å². The number of thioether (sulfide) groups is 1. The number of anilines is 1. The van der Waals surface area contributed by atoms with Gasteiger partial charge < -0.3 is 15.5 Å². The van der Waals surface area contributed by atoms with E-state index in [-0.39, 0.29) is 23.4 Å². The molecule has 110 valence electrons. The van der Waals surface area contributed by atoms with Crippen LogP contribution in [0.2, 0.25) is 0 Å². The van der Waals surface area contributed by atoms with Crippen molar-refractivity contribution in [2.45, 2.75) is 11.7 Å². The van der Waals surface area contributed by atoms with Crippen LogP contribution in [0, 0.1) is 0 Å². The second kappa shape index (κ2) is 5.83. The molecule has 9 heteroatoms. The standard InChI is InChI=1S/C12H10N2O6S/c15-5-1-2-7(6(3-5)11(18)19)13-9(16)4-8-10(17)14-12(20)21-8/h1-3,8,15H,4H2,(H,13,16)(H,18,19)(H,14,17,20)/t8-/m0/s1. The molecule has 0 radical (unpaired) electrons. The number of aromatic hydroxyl groups is 1. The lowest BCUT2D eigenvalue weighted by Crippen LogP contribution is -2.28. The van der Waals surface area contributed by atoms with E-state index in [0.717, 1.165) is 6.07 Å². The molecule has 0 aliphatic carbocycles. The molecule has 1 heterocycles. The van der Waals surface area contributed by atoms with Crippen molar-refractivity contribution in [1.82, 2.24) is 5.32 Å². The average molecular weight is 310 g/mol. The molecule has 1 aliphatic rings. The minimum absolute atomic E-state index is 0.0000293. The maximum Gasteiger partial charge on any atom is 0.337 e. The summed E-state index contributed by atoms with van der Waals surface area (Å²) in [5, 5.41) is 21.3. The van der Waals surface area contributed by atoms with E-state index in [2.05, 4.69) is 10.6 Å². The lowest BCUT2D eigenvalue weighted by molar-refractivity contribution is -0.122. The summed E-state index contributed by atoms with van der Waals surface area (Å²) in [7, 11) is 0. The Balaban J connectivity index is 2.08. The van der Waals surface area contributed by atoms with Gasteiger partial charge in [-0.15, -0.1) is 0 Å². The van der Waals surface area contributed by atoms with Crippen molar-refractivity contribution in [1.29, 1.82) is 0 Å².